The monoisotopic (exact) mass is 481 g/mol. The number of halogens is 2. The molecule has 1 heterocycles. The first-order valence-electron chi connectivity index (χ1n) is 6.88. The fraction of sp³-hybridized carbons (Fsp3) is 0.267. The molecule has 1 N–H and O–H groups in total. The number of aromatic hydroxyl groups is 1. The lowest BCUT2D eigenvalue weighted by molar-refractivity contribution is -0.150. The van der Waals surface area contributed by atoms with Crippen LogP contribution in [0, 0.1) is 3.57 Å². The minimum Gasteiger partial charge on any atom is -0.506 e. The van der Waals surface area contributed by atoms with Gasteiger partial charge in [-0.2, -0.15) is 0 Å². The van der Waals surface area contributed by atoms with E-state index < -0.39 is 23.2 Å². The van der Waals surface area contributed by atoms with E-state index in [1.807, 2.05) is 22.6 Å². The number of ether oxygens (including phenoxy) is 1. The second kappa shape index (κ2) is 7.75. The molecule has 0 saturated carbocycles. The van der Waals surface area contributed by atoms with E-state index >= 15 is 0 Å². The van der Waals surface area contributed by atoms with Gasteiger partial charge < -0.3 is 9.84 Å². The van der Waals surface area contributed by atoms with Crippen molar-refractivity contribution in [3.63, 3.8) is 0 Å². The quantitative estimate of drug-likeness (QED) is 0.402. The number of imide groups is 1. The molecule has 0 aliphatic carbocycles. The molecular formula is C15H13ClINO5S. The van der Waals surface area contributed by atoms with E-state index in [1.165, 1.54) is 19.1 Å². The number of carbonyl (C=O) groups excluding carboxylic acids is 3. The van der Waals surface area contributed by atoms with Crippen LogP contribution in [0.2, 0.25) is 5.02 Å². The van der Waals surface area contributed by atoms with Crippen molar-refractivity contribution in [1.82, 2.24) is 4.90 Å². The number of phenolic OH excluding ortho intramolecular Hbond substituents is 1. The van der Waals surface area contributed by atoms with Crippen LogP contribution in [0.15, 0.2) is 17.0 Å². The molecule has 1 fully saturated rings. The number of rotatable bonds is 4. The van der Waals surface area contributed by atoms with Crippen molar-refractivity contribution in [2.75, 3.05) is 6.61 Å². The molecule has 2 amide bonds. The molecule has 1 atom stereocenters. The maximum Gasteiger partial charge on any atom is 0.329 e. The van der Waals surface area contributed by atoms with Gasteiger partial charge in [0, 0.05) is 10.6 Å². The summed E-state index contributed by atoms with van der Waals surface area (Å²) in [4.78, 5) is 37.3. The average molecular weight is 482 g/mol. The number of amides is 2. The predicted octanol–water partition coefficient (Wildman–Crippen LogP) is 3.64. The molecule has 0 unspecified atom stereocenters. The largest absolute Gasteiger partial charge is 0.506 e. The maximum absolute atomic E-state index is 12.4. The van der Waals surface area contributed by atoms with Gasteiger partial charge >= 0.3 is 5.97 Å². The zero-order valence-electron chi connectivity index (χ0n) is 12.7. The molecule has 0 bridgehead atoms. The standard InChI is InChI=1S/C15H13ClINO5S/c1-3-23-14(21)7(2)18-13(20)11(24-15(18)22)5-8-4-9(16)6-10(17)12(8)19/h4-7,19H,3H2,1-2H3/b11-5+/t7-/m1/s1. The van der Waals surface area contributed by atoms with Crippen LogP contribution in [-0.2, 0) is 14.3 Å². The SMILES string of the molecule is CCOC(=O)[C@@H](C)N1C(=O)S/C(=C/c2cc(Cl)cc(I)c2O)C1=O. The second-order valence-corrected chi connectivity index (χ2v) is 7.40. The molecule has 2 rings (SSSR count). The van der Waals surface area contributed by atoms with Crippen LogP contribution in [0.1, 0.15) is 19.4 Å². The van der Waals surface area contributed by atoms with Crippen molar-refractivity contribution >= 4 is 69.1 Å². The van der Waals surface area contributed by atoms with Gasteiger partial charge in [-0.3, -0.25) is 14.5 Å². The van der Waals surface area contributed by atoms with Crippen molar-refractivity contribution in [3.8, 4) is 5.75 Å². The number of carbonyl (C=O) groups is 3. The second-order valence-electron chi connectivity index (χ2n) is 4.81. The topological polar surface area (TPSA) is 83.9 Å². The van der Waals surface area contributed by atoms with Gasteiger partial charge in [-0.15, -0.1) is 0 Å². The lowest BCUT2D eigenvalue weighted by Crippen LogP contribution is -2.42. The first-order valence-corrected chi connectivity index (χ1v) is 9.15. The average Bonchev–Trinajstić information content (AvgIpc) is 2.78. The van der Waals surface area contributed by atoms with Crippen LogP contribution in [-0.4, -0.2) is 39.8 Å². The molecule has 6 nitrogen and oxygen atoms in total. The molecule has 1 aromatic rings. The predicted molar refractivity (Wildman–Crippen MR) is 99.7 cm³/mol. The Labute approximate surface area is 161 Å². The van der Waals surface area contributed by atoms with Gasteiger partial charge in [0.05, 0.1) is 15.1 Å². The lowest BCUT2D eigenvalue weighted by Gasteiger charge is -2.19. The number of nitrogens with zero attached hydrogens (tertiary/aromatic N) is 1. The third-order valence-electron chi connectivity index (χ3n) is 3.18. The maximum atomic E-state index is 12.4. The number of esters is 1. The van der Waals surface area contributed by atoms with E-state index in [0.29, 0.717) is 25.9 Å². The van der Waals surface area contributed by atoms with Crippen molar-refractivity contribution in [2.45, 2.75) is 19.9 Å². The summed E-state index contributed by atoms with van der Waals surface area (Å²) in [6.07, 6.45) is 1.38. The van der Waals surface area contributed by atoms with E-state index in [4.69, 9.17) is 16.3 Å². The van der Waals surface area contributed by atoms with Gasteiger partial charge in [-0.05, 0) is 66.4 Å². The summed E-state index contributed by atoms with van der Waals surface area (Å²) >= 11 is 8.56. The zero-order chi connectivity index (χ0) is 18.0. The van der Waals surface area contributed by atoms with Crippen molar-refractivity contribution < 1.29 is 24.2 Å². The summed E-state index contributed by atoms with van der Waals surface area (Å²) in [5.74, 6) is -1.30. The van der Waals surface area contributed by atoms with Crippen LogP contribution in [0.3, 0.4) is 0 Å². The van der Waals surface area contributed by atoms with Crippen molar-refractivity contribution in [3.05, 3.63) is 31.2 Å². The Hall–Kier alpha value is -1.26. The number of thioether (sulfide) groups is 1. The van der Waals surface area contributed by atoms with Crippen LogP contribution < -0.4 is 0 Å². The van der Waals surface area contributed by atoms with Gasteiger partial charge in [0.25, 0.3) is 11.1 Å². The molecule has 1 saturated heterocycles. The van der Waals surface area contributed by atoms with Gasteiger partial charge in [0.2, 0.25) is 0 Å². The molecular weight excluding hydrogens is 469 g/mol. The van der Waals surface area contributed by atoms with Gasteiger partial charge in [0.15, 0.2) is 0 Å². The first-order chi connectivity index (χ1) is 11.3. The fourth-order valence-electron chi connectivity index (χ4n) is 2.02. The number of benzene rings is 1. The van der Waals surface area contributed by atoms with Crippen LogP contribution in [0.25, 0.3) is 6.08 Å². The summed E-state index contributed by atoms with van der Waals surface area (Å²) < 4.78 is 5.36. The highest BCUT2D eigenvalue weighted by molar-refractivity contribution is 14.1. The number of hydrogen-bond donors (Lipinski definition) is 1. The highest BCUT2D eigenvalue weighted by atomic mass is 127. The van der Waals surface area contributed by atoms with Gasteiger partial charge in [-0.1, -0.05) is 11.6 Å². The molecule has 1 aromatic carbocycles. The zero-order valence-corrected chi connectivity index (χ0v) is 16.4. The Kier molecular flexibility index (Phi) is 6.16. The molecule has 1 aliphatic heterocycles. The minimum absolute atomic E-state index is 0.0368. The van der Waals surface area contributed by atoms with Crippen LogP contribution in [0.5, 0.6) is 5.75 Å². The van der Waals surface area contributed by atoms with Gasteiger partial charge in [0.1, 0.15) is 11.8 Å². The third-order valence-corrected chi connectivity index (χ3v) is 5.11. The third kappa shape index (κ3) is 3.86. The highest BCUT2D eigenvalue weighted by Crippen LogP contribution is 2.37. The Morgan fingerprint density at radius 1 is 1.50 bits per heavy atom. The van der Waals surface area contributed by atoms with E-state index in [-0.39, 0.29) is 17.3 Å². The Bertz CT molecular complexity index is 752. The normalized spacial score (nSPS) is 17.5. The smallest absolute Gasteiger partial charge is 0.329 e. The Balaban J connectivity index is 2.33. The van der Waals surface area contributed by atoms with E-state index in [0.717, 1.165) is 4.90 Å². The molecule has 0 spiro atoms. The van der Waals surface area contributed by atoms with E-state index in [2.05, 4.69) is 0 Å². The van der Waals surface area contributed by atoms with Gasteiger partial charge in [-0.25, -0.2) is 4.79 Å². The van der Waals surface area contributed by atoms with Crippen molar-refractivity contribution in [1.29, 1.82) is 0 Å². The van der Waals surface area contributed by atoms with E-state index in [9.17, 15) is 19.5 Å². The summed E-state index contributed by atoms with van der Waals surface area (Å²) in [6.45, 7) is 3.23. The molecule has 9 heteroatoms. The first kappa shape index (κ1) is 19.1. The number of phenols is 1. The molecule has 0 radical (unpaired) electrons. The molecule has 24 heavy (non-hydrogen) atoms. The summed E-state index contributed by atoms with van der Waals surface area (Å²) in [5, 5.41) is 9.89. The summed E-state index contributed by atoms with van der Waals surface area (Å²) in [5.41, 5.74) is 0.321. The molecule has 128 valence electrons. The fourth-order valence-corrected chi connectivity index (χ4v) is 3.98. The Morgan fingerprint density at radius 3 is 2.79 bits per heavy atom. The molecule has 1 aliphatic rings. The minimum atomic E-state index is -1.02. The van der Waals surface area contributed by atoms with E-state index in [1.54, 1.807) is 13.0 Å². The lowest BCUT2D eigenvalue weighted by atomic mass is 10.2. The molecule has 0 aromatic heterocycles. The summed E-state index contributed by atoms with van der Waals surface area (Å²) in [6, 6.07) is 2.04. The highest BCUT2D eigenvalue weighted by Gasteiger charge is 2.41. The van der Waals surface area contributed by atoms with Crippen molar-refractivity contribution in [2.24, 2.45) is 0 Å². The Morgan fingerprint density at radius 2 is 2.17 bits per heavy atom. The number of hydrogen-bond acceptors (Lipinski definition) is 6. The summed E-state index contributed by atoms with van der Waals surface area (Å²) in [7, 11) is 0. The van der Waals surface area contributed by atoms with Crippen LogP contribution >= 0.6 is 46.0 Å². The van der Waals surface area contributed by atoms with Crippen LogP contribution in [0.4, 0.5) is 4.79 Å².